The van der Waals surface area contributed by atoms with Crippen LogP contribution in [0.2, 0.25) is 0 Å². The molecule has 1 aliphatic rings. The molecule has 2 aromatic rings. The number of sulfonamides is 1. The van der Waals surface area contributed by atoms with Crippen molar-refractivity contribution in [3.8, 4) is 0 Å². The Bertz CT molecular complexity index is 914. The second-order valence-corrected chi connectivity index (χ2v) is 8.90. The first kappa shape index (κ1) is 17.6. The normalized spacial score (nSPS) is 14.4. The van der Waals surface area contributed by atoms with Gasteiger partial charge in [-0.15, -0.1) is 0 Å². The maximum Gasteiger partial charge on any atom is 0.258 e. The number of anilines is 1. The van der Waals surface area contributed by atoms with E-state index in [4.69, 9.17) is 0 Å². The zero-order chi connectivity index (χ0) is 18.2. The van der Waals surface area contributed by atoms with Crippen LogP contribution in [0.15, 0.2) is 53.4 Å². The fourth-order valence-electron chi connectivity index (χ4n) is 2.96. The molecular formula is C19H22N2O3S. The van der Waals surface area contributed by atoms with Crippen molar-refractivity contribution in [2.24, 2.45) is 0 Å². The van der Waals surface area contributed by atoms with Gasteiger partial charge in [-0.05, 0) is 57.0 Å². The first-order valence-electron chi connectivity index (χ1n) is 8.21. The quantitative estimate of drug-likeness (QED) is 0.917. The summed E-state index contributed by atoms with van der Waals surface area (Å²) in [7, 11) is -3.68. The molecule has 25 heavy (non-hydrogen) atoms. The Balaban J connectivity index is 1.91. The van der Waals surface area contributed by atoms with Gasteiger partial charge in [0.2, 0.25) is 10.0 Å². The molecule has 3 rings (SSSR count). The standard InChI is InChI=1S/C19H22N2O3S/c1-19(2,3)20-25(23,24)16-9-6-8-15(13-16)18(22)21-12-11-14-7-4-5-10-17(14)21/h4-10,13,20H,11-12H2,1-3H3. The van der Waals surface area contributed by atoms with Crippen LogP contribution in [-0.2, 0) is 16.4 Å². The highest BCUT2D eigenvalue weighted by Gasteiger charge is 2.27. The van der Waals surface area contributed by atoms with E-state index in [1.165, 1.54) is 12.1 Å². The highest BCUT2D eigenvalue weighted by molar-refractivity contribution is 7.89. The van der Waals surface area contributed by atoms with Gasteiger partial charge in [-0.2, -0.15) is 0 Å². The third kappa shape index (κ3) is 3.75. The Labute approximate surface area is 148 Å². The topological polar surface area (TPSA) is 66.5 Å². The van der Waals surface area contributed by atoms with Crippen LogP contribution >= 0.6 is 0 Å². The zero-order valence-electron chi connectivity index (χ0n) is 14.6. The van der Waals surface area contributed by atoms with E-state index in [2.05, 4.69) is 4.72 Å². The molecule has 0 saturated heterocycles. The van der Waals surface area contributed by atoms with Crippen molar-refractivity contribution >= 4 is 21.6 Å². The van der Waals surface area contributed by atoms with Crippen LogP contribution < -0.4 is 9.62 Å². The summed E-state index contributed by atoms with van der Waals surface area (Å²) in [4.78, 5) is 14.7. The van der Waals surface area contributed by atoms with Crippen molar-refractivity contribution in [3.05, 3.63) is 59.7 Å². The molecule has 0 aromatic heterocycles. The van der Waals surface area contributed by atoms with Gasteiger partial charge < -0.3 is 4.90 Å². The molecule has 132 valence electrons. The van der Waals surface area contributed by atoms with Crippen LogP contribution in [-0.4, -0.2) is 26.4 Å². The lowest BCUT2D eigenvalue weighted by Crippen LogP contribution is -2.40. The lowest BCUT2D eigenvalue weighted by molar-refractivity contribution is 0.0989. The molecule has 1 N–H and O–H groups in total. The van der Waals surface area contributed by atoms with Gasteiger partial charge in [0.05, 0.1) is 4.90 Å². The number of amides is 1. The Morgan fingerprint density at radius 3 is 2.52 bits per heavy atom. The minimum Gasteiger partial charge on any atom is -0.308 e. The third-order valence-corrected chi connectivity index (χ3v) is 5.72. The second-order valence-electron chi connectivity index (χ2n) is 7.22. The van der Waals surface area contributed by atoms with Crippen molar-refractivity contribution < 1.29 is 13.2 Å². The van der Waals surface area contributed by atoms with Crippen molar-refractivity contribution in [2.45, 2.75) is 37.6 Å². The number of carbonyl (C=O) groups excluding carboxylic acids is 1. The minimum absolute atomic E-state index is 0.0979. The number of rotatable bonds is 3. The molecule has 0 fully saturated rings. The van der Waals surface area contributed by atoms with E-state index in [-0.39, 0.29) is 10.8 Å². The summed E-state index contributed by atoms with van der Waals surface area (Å²) >= 11 is 0. The van der Waals surface area contributed by atoms with E-state index in [0.29, 0.717) is 12.1 Å². The molecule has 0 radical (unpaired) electrons. The molecule has 1 aliphatic heterocycles. The Hall–Kier alpha value is -2.18. The van der Waals surface area contributed by atoms with Gasteiger partial charge in [-0.1, -0.05) is 24.3 Å². The molecule has 0 spiro atoms. The maximum atomic E-state index is 12.9. The lowest BCUT2D eigenvalue weighted by atomic mass is 10.1. The summed E-state index contributed by atoms with van der Waals surface area (Å²) in [5.41, 5.74) is 1.81. The van der Waals surface area contributed by atoms with Crippen LogP contribution in [0, 0.1) is 0 Å². The van der Waals surface area contributed by atoms with Crippen LogP contribution in [0.1, 0.15) is 36.7 Å². The molecular weight excluding hydrogens is 336 g/mol. The second kappa shape index (κ2) is 6.28. The number of benzene rings is 2. The largest absolute Gasteiger partial charge is 0.308 e. The number of hydrogen-bond donors (Lipinski definition) is 1. The SMILES string of the molecule is CC(C)(C)NS(=O)(=O)c1cccc(C(=O)N2CCc3ccccc32)c1. The highest BCUT2D eigenvalue weighted by atomic mass is 32.2. The number of para-hydroxylation sites is 1. The molecule has 0 atom stereocenters. The summed E-state index contributed by atoms with van der Waals surface area (Å²) < 4.78 is 27.6. The van der Waals surface area contributed by atoms with Crippen molar-refractivity contribution in [1.82, 2.24) is 4.72 Å². The Morgan fingerprint density at radius 2 is 1.80 bits per heavy atom. The number of hydrogen-bond acceptors (Lipinski definition) is 3. The number of fused-ring (bicyclic) bond motifs is 1. The van der Waals surface area contributed by atoms with Gasteiger partial charge in [0.15, 0.2) is 0 Å². The van der Waals surface area contributed by atoms with Crippen molar-refractivity contribution in [1.29, 1.82) is 0 Å². The van der Waals surface area contributed by atoms with Crippen LogP contribution in [0.5, 0.6) is 0 Å². The average Bonchev–Trinajstić information content (AvgIpc) is 2.96. The number of nitrogens with one attached hydrogen (secondary N) is 1. The van der Waals surface area contributed by atoms with Gasteiger partial charge in [-0.3, -0.25) is 4.79 Å². The minimum atomic E-state index is -3.68. The monoisotopic (exact) mass is 358 g/mol. The lowest BCUT2D eigenvalue weighted by Gasteiger charge is -2.21. The third-order valence-electron chi connectivity index (χ3n) is 3.96. The highest BCUT2D eigenvalue weighted by Crippen LogP contribution is 2.29. The summed E-state index contributed by atoms with van der Waals surface area (Å²) in [5, 5.41) is 0. The van der Waals surface area contributed by atoms with Crippen LogP contribution in [0.3, 0.4) is 0 Å². The van der Waals surface area contributed by atoms with E-state index >= 15 is 0 Å². The predicted octanol–water partition coefficient (Wildman–Crippen LogP) is 2.97. The smallest absolute Gasteiger partial charge is 0.258 e. The summed E-state index contributed by atoms with van der Waals surface area (Å²) in [6, 6.07) is 14.0. The van der Waals surface area contributed by atoms with Gasteiger partial charge in [-0.25, -0.2) is 13.1 Å². The predicted molar refractivity (Wildman–Crippen MR) is 98.3 cm³/mol. The molecule has 1 heterocycles. The first-order valence-corrected chi connectivity index (χ1v) is 9.69. The van der Waals surface area contributed by atoms with Crippen LogP contribution in [0.25, 0.3) is 0 Å². The maximum absolute atomic E-state index is 12.9. The molecule has 0 saturated carbocycles. The molecule has 0 unspecified atom stereocenters. The van der Waals surface area contributed by atoms with Gasteiger partial charge in [0, 0.05) is 23.3 Å². The van der Waals surface area contributed by atoms with Gasteiger partial charge in [0.25, 0.3) is 5.91 Å². The zero-order valence-corrected chi connectivity index (χ0v) is 15.4. The van der Waals surface area contributed by atoms with Gasteiger partial charge >= 0.3 is 0 Å². The van der Waals surface area contributed by atoms with E-state index in [1.807, 2.05) is 24.3 Å². The van der Waals surface area contributed by atoms with E-state index < -0.39 is 15.6 Å². The van der Waals surface area contributed by atoms with Crippen molar-refractivity contribution in [2.75, 3.05) is 11.4 Å². The number of carbonyl (C=O) groups is 1. The van der Waals surface area contributed by atoms with Gasteiger partial charge in [0.1, 0.15) is 0 Å². The Kier molecular flexibility index (Phi) is 4.43. The summed E-state index contributed by atoms with van der Waals surface area (Å²) in [6.45, 7) is 5.94. The molecule has 1 amide bonds. The molecule has 0 aliphatic carbocycles. The molecule has 6 heteroatoms. The number of nitrogens with zero attached hydrogens (tertiary/aromatic N) is 1. The van der Waals surface area contributed by atoms with E-state index in [9.17, 15) is 13.2 Å². The van der Waals surface area contributed by atoms with Crippen molar-refractivity contribution in [3.63, 3.8) is 0 Å². The molecule has 2 aromatic carbocycles. The first-order chi connectivity index (χ1) is 11.7. The molecule has 5 nitrogen and oxygen atoms in total. The Morgan fingerprint density at radius 1 is 1.08 bits per heavy atom. The fourth-order valence-corrected chi connectivity index (χ4v) is 4.43. The van der Waals surface area contributed by atoms with Crippen LogP contribution in [0.4, 0.5) is 5.69 Å². The average molecular weight is 358 g/mol. The fraction of sp³-hybridized carbons (Fsp3) is 0.316. The summed E-state index contributed by atoms with van der Waals surface area (Å²) in [5.74, 6) is -0.183. The van der Waals surface area contributed by atoms with E-state index in [1.54, 1.807) is 37.8 Å². The van der Waals surface area contributed by atoms with E-state index in [0.717, 1.165) is 17.7 Å². The molecule has 0 bridgehead atoms. The summed E-state index contributed by atoms with van der Waals surface area (Å²) in [6.07, 6.45) is 0.811.